The van der Waals surface area contributed by atoms with Gasteiger partial charge in [-0.1, -0.05) is 60.7 Å². The highest BCUT2D eigenvalue weighted by Crippen LogP contribution is 2.36. The maximum Gasteiger partial charge on any atom is 0.363 e. The molecule has 5 rings (SSSR count). The smallest absolute Gasteiger partial charge is 0.363 e. The van der Waals surface area contributed by atoms with E-state index in [0.29, 0.717) is 31.8 Å². The van der Waals surface area contributed by atoms with Gasteiger partial charge in [0.1, 0.15) is 0 Å². The first kappa shape index (κ1) is 25.4. The molecule has 4 aromatic rings. The van der Waals surface area contributed by atoms with Crippen LogP contribution >= 0.6 is 22.6 Å². The minimum atomic E-state index is -0.545. The topological polar surface area (TPSA) is 74.2 Å². The molecule has 0 spiro atoms. The number of aliphatic imine (C=N–C) groups is 1. The van der Waals surface area contributed by atoms with Gasteiger partial charge in [0.05, 0.1) is 16.2 Å². The number of hydrogen-bond acceptors (Lipinski definition) is 6. The Kier molecular flexibility index (Phi) is 7.37. The number of halogens is 1. The van der Waals surface area contributed by atoms with Crippen LogP contribution in [0, 0.1) is 10.5 Å². The molecular formula is C31H22INO5. The SMILES string of the molecule is COc1cc(/C=C2\N=C(c3ccc(-c4ccccc4)cc3)OC2=O)cc(I)c1OC(=O)c1ccccc1C. The Labute approximate surface area is 233 Å². The van der Waals surface area contributed by atoms with Crippen molar-refractivity contribution in [1.82, 2.24) is 0 Å². The van der Waals surface area contributed by atoms with E-state index in [9.17, 15) is 9.59 Å². The second kappa shape index (κ2) is 11.0. The van der Waals surface area contributed by atoms with Gasteiger partial charge in [-0.15, -0.1) is 0 Å². The molecule has 4 aromatic carbocycles. The zero-order chi connectivity index (χ0) is 26.6. The van der Waals surface area contributed by atoms with Gasteiger partial charge in [0, 0.05) is 5.56 Å². The molecule has 0 aliphatic carbocycles. The third-order valence-corrected chi connectivity index (χ3v) is 6.78. The summed E-state index contributed by atoms with van der Waals surface area (Å²) >= 11 is 2.07. The quantitative estimate of drug-likeness (QED) is 0.103. The fourth-order valence-electron chi connectivity index (χ4n) is 4.00. The lowest BCUT2D eigenvalue weighted by Gasteiger charge is -2.13. The van der Waals surface area contributed by atoms with Crippen molar-refractivity contribution in [3.63, 3.8) is 0 Å². The number of benzene rings is 4. The predicted octanol–water partition coefficient (Wildman–Crippen LogP) is 6.84. The number of carbonyl (C=O) groups is 2. The van der Waals surface area contributed by atoms with Crippen molar-refractivity contribution in [1.29, 1.82) is 0 Å². The van der Waals surface area contributed by atoms with Crippen molar-refractivity contribution in [2.75, 3.05) is 7.11 Å². The fraction of sp³-hybridized carbons (Fsp3) is 0.0645. The summed E-state index contributed by atoms with van der Waals surface area (Å²) in [5, 5.41) is 0. The molecule has 6 nitrogen and oxygen atoms in total. The van der Waals surface area contributed by atoms with Gasteiger partial charge in [-0.3, -0.25) is 0 Å². The van der Waals surface area contributed by atoms with E-state index in [1.54, 1.807) is 30.3 Å². The van der Waals surface area contributed by atoms with Gasteiger partial charge in [-0.25, -0.2) is 14.6 Å². The normalized spacial score (nSPS) is 13.7. The molecule has 0 atom stereocenters. The standard InChI is InChI=1S/C31H22INO5/c1-19-8-6-7-11-24(19)30(34)37-28-25(32)16-20(18-27(28)36-2)17-26-31(35)38-29(33-26)23-14-12-22(13-15-23)21-9-4-3-5-10-21/h3-18H,1-2H3/b26-17-. The van der Waals surface area contributed by atoms with Crippen LogP contribution in [0.25, 0.3) is 17.2 Å². The number of esters is 2. The van der Waals surface area contributed by atoms with Gasteiger partial charge in [-0.05, 0) is 88.2 Å². The summed E-state index contributed by atoms with van der Waals surface area (Å²) in [5.74, 6) is -0.113. The summed E-state index contributed by atoms with van der Waals surface area (Å²) in [4.78, 5) is 29.8. The molecule has 1 aliphatic heterocycles. The average Bonchev–Trinajstić information content (AvgIpc) is 3.30. The lowest BCUT2D eigenvalue weighted by atomic mass is 10.0. The van der Waals surface area contributed by atoms with E-state index >= 15 is 0 Å². The van der Waals surface area contributed by atoms with Crippen LogP contribution in [0.3, 0.4) is 0 Å². The van der Waals surface area contributed by atoms with Crippen molar-refractivity contribution in [3.8, 4) is 22.6 Å². The number of aryl methyl sites for hydroxylation is 1. The molecule has 0 aromatic heterocycles. The van der Waals surface area contributed by atoms with E-state index < -0.39 is 11.9 Å². The van der Waals surface area contributed by atoms with Crippen LogP contribution in [0.1, 0.15) is 27.0 Å². The van der Waals surface area contributed by atoms with Crippen molar-refractivity contribution >= 4 is 46.5 Å². The monoisotopic (exact) mass is 615 g/mol. The molecule has 0 radical (unpaired) electrons. The third-order valence-electron chi connectivity index (χ3n) is 5.97. The molecule has 0 saturated carbocycles. The molecule has 0 amide bonds. The van der Waals surface area contributed by atoms with Gasteiger partial charge in [0.25, 0.3) is 0 Å². The highest BCUT2D eigenvalue weighted by atomic mass is 127. The Morgan fingerprint density at radius 2 is 1.55 bits per heavy atom. The average molecular weight is 615 g/mol. The van der Waals surface area contributed by atoms with Gasteiger partial charge < -0.3 is 14.2 Å². The lowest BCUT2D eigenvalue weighted by molar-refractivity contribution is -0.129. The Bertz CT molecular complexity index is 1590. The Morgan fingerprint density at radius 3 is 2.26 bits per heavy atom. The first-order valence-corrected chi connectivity index (χ1v) is 12.8. The maximum absolute atomic E-state index is 12.8. The van der Waals surface area contributed by atoms with E-state index in [1.165, 1.54) is 7.11 Å². The summed E-state index contributed by atoms with van der Waals surface area (Å²) in [7, 11) is 1.49. The number of carbonyl (C=O) groups excluding carboxylic acids is 2. The summed E-state index contributed by atoms with van der Waals surface area (Å²) in [6.45, 7) is 1.85. The van der Waals surface area contributed by atoms with Crippen LogP contribution in [0.15, 0.2) is 102 Å². The van der Waals surface area contributed by atoms with Crippen molar-refractivity contribution in [2.45, 2.75) is 6.92 Å². The van der Waals surface area contributed by atoms with Gasteiger partial charge in [0.2, 0.25) is 5.90 Å². The summed E-state index contributed by atoms with van der Waals surface area (Å²) in [6.07, 6.45) is 1.62. The minimum Gasteiger partial charge on any atom is -0.493 e. The Balaban J connectivity index is 1.39. The number of methoxy groups -OCH3 is 1. The number of hydrogen-bond donors (Lipinski definition) is 0. The molecule has 38 heavy (non-hydrogen) atoms. The third kappa shape index (κ3) is 5.38. The van der Waals surface area contributed by atoms with E-state index in [2.05, 4.69) is 27.6 Å². The Morgan fingerprint density at radius 1 is 0.895 bits per heavy atom. The number of cyclic esters (lactones) is 1. The first-order chi connectivity index (χ1) is 18.4. The number of rotatable bonds is 6. The molecule has 1 heterocycles. The highest BCUT2D eigenvalue weighted by Gasteiger charge is 2.25. The van der Waals surface area contributed by atoms with Gasteiger partial charge >= 0.3 is 11.9 Å². The van der Waals surface area contributed by atoms with E-state index in [4.69, 9.17) is 14.2 Å². The number of ether oxygens (including phenoxy) is 3. The van der Waals surface area contributed by atoms with Crippen molar-refractivity contribution in [3.05, 3.63) is 123 Å². The fourth-order valence-corrected chi connectivity index (χ4v) is 4.73. The van der Waals surface area contributed by atoms with Crippen molar-refractivity contribution in [2.24, 2.45) is 4.99 Å². The lowest BCUT2D eigenvalue weighted by Crippen LogP contribution is -2.11. The molecule has 0 N–H and O–H groups in total. The van der Waals surface area contributed by atoms with E-state index in [-0.39, 0.29) is 11.6 Å². The molecule has 0 fully saturated rings. The van der Waals surface area contributed by atoms with Crippen LogP contribution in [0.4, 0.5) is 0 Å². The zero-order valence-corrected chi connectivity index (χ0v) is 22.8. The molecule has 0 bridgehead atoms. The maximum atomic E-state index is 12.8. The Hall–Kier alpha value is -4.24. The van der Waals surface area contributed by atoms with Crippen LogP contribution in [0.2, 0.25) is 0 Å². The summed E-state index contributed by atoms with van der Waals surface area (Å²) < 4.78 is 17.3. The number of nitrogens with zero attached hydrogens (tertiary/aromatic N) is 1. The summed E-state index contributed by atoms with van der Waals surface area (Å²) in [5.41, 5.74) is 4.96. The largest absolute Gasteiger partial charge is 0.493 e. The van der Waals surface area contributed by atoms with Crippen LogP contribution < -0.4 is 9.47 Å². The molecule has 188 valence electrons. The second-order valence-electron chi connectivity index (χ2n) is 8.52. The molecule has 0 unspecified atom stereocenters. The van der Waals surface area contributed by atoms with Crippen LogP contribution in [-0.2, 0) is 9.53 Å². The first-order valence-electron chi connectivity index (χ1n) is 11.8. The van der Waals surface area contributed by atoms with Crippen LogP contribution in [-0.4, -0.2) is 24.9 Å². The second-order valence-corrected chi connectivity index (χ2v) is 9.68. The summed E-state index contributed by atoms with van der Waals surface area (Å²) in [6, 6.07) is 28.4. The molecular weight excluding hydrogens is 593 g/mol. The molecule has 0 saturated heterocycles. The minimum absolute atomic E-state index is 0.162. The molecule has 1 aliphatic rings. The molecule has 7 heteroatoms. The highest BCUT2D eigenvalue weighted by molar-refractivity contribution is 14.1. The van der Waals surface area contributed by atoms with Gasteiger partial charge in [0.15, 0.2) is 17.2 Å². The van der Waals surface area contributed by atoms with E-state index in [1.807, 2.05) is 73.7 Å². The van der Waals surface area contributed by atoms with Crippen LogP contribution in [0.5, 0.6) is 11.5 Å². The van der Waals surface area contributed by atoms with E-state index in [0.717, 1.165) is 16.7 Å². The zero-order valence-electron chi connectivity index (χ0n) is 20.6. The van der Waals surface area contributed by atoms with Gasteiger partial charge in [-0.2, -0.15) is 0 Å². The van der Waals surface area contributed by atoms with Crippen molar-refractivity contribution < 1.29 is 23.8 Å². The predicted molar refractivity (Wildman–Crippen MR) is 154 cm³/mol.